The molecule has 3 rings (SSSR count). The van der Waals surface area contributed by atoms with Crippen molar-refractivity contribution in [1.82, 2.24) is 26.0 Å². The lowest BCUT2D eigenvalue weighted by Crippen LogP contribution is -2.50. The standard InChI is InChI=1S/C25H33N5OS/c1-20(2)19-26-25(32)28-27-23(31)13-14-29-15-17-30(18-16-29)24(21-9-5-3-6-10-21)22-11-7-4-8-12-22/h3-12,24H,1,13-19H2,2H3,(H,27,31)(H2,26,28,32). The van der Waals surface area contributed by atoms with Crippen molar-refractivity contribution in [3.8, 4) is 0 Å². The number of carbonyl (C=O) groups excluding carboxylic acids is 1. The third-order valence-corrected chi connectivity index (χ3v) is 5.77. The maximum Gasteiger partial charge on any atom is 0.239 e. The molecule has 170 valence electrons. The number of hydrogen-bond donors (Lipinski definition) is 3. The SMILES string of the molecule is C=C(C)CNC(=S)NNC(=O)CCN1CCN(C(c2ccccc2)c2ccccc2)CC1. The highest BCUT2D eigenvalue weighted by molar-refractivity contribution is 7.80. The summed E-state index contributed by atoms with van der Waals surface area (Å²) in [5.74, 6) is -0.0710. The van der Waals surface area contributed by atoms with Crippen LogP contribution >= 0.6 is 12.2 Å². The van der Waals surface area contributed by atoms with Gasteiger partial charge in [0.1, 0.15) is 0 Å². The van der Waals surface area contributed by atoms with Crippen LogP contribution in [0.5, 0.6) is 0 Å². The molecule has 2 aromatic carbocycles. The van der Waals surface area contributed by atoms with Crippen molar-refractivity contribution < 1.29 is 4.79 Å². The van der Waals surface area contributed by atoms with Crippen molar-refractivity contribution in [2.75, 3.05) is 39.3 Å². The van der Waals surface area contributed by atoms with Gasteiger partial charge in [0.15, 0.2) is 5.11 Å². The number of benzene rings is 2. The van der Waals surface area contributed by atoms with Crippen molar-refractivity contribution in [1.29, 1.82) is 0 Å². The lowest BCUT2D eigenvalue weighted by atomic mass is 9.96. The summed E-state index contributed by atoms with van der Waals surface area (Å²) in [6.07, 6.45) is 0.427. The maximum atomic E-state index is 12.2. The quantitative estimate of drug-likeness (QED) is 0.326. The fraction of sp³-hybridized carbons (Fsp3) is 0.360. The van der Waals surface area contributed by atoms with Crippen LogP contribution < -0.4 is 16.2 Å². The zero-order valence-electron chi connectivity index (χ0n) is 18.7. The molecule has 32 heavy (non-hydrogen) atoms. The van der Waals surface area contributed by atoms with Crippen molar-refractivity contribution in [3.63, 3.8) is 0 Å². The topological polar surface area (TPSA) is 59.6 Å². The molecule has 0 unspecified atom stereocenters. The smallest absolute Gasteiger partial charge is 0.239 e. The second-order valence-corrected chi connectivity index (χ2v) is 8.57. The summed E-state index contributed by atoms with van der Waals surface area (Å²) in [7, 11) is 0. The van der Waals surface area contributed by atoms with Gasteiger partial charge >= 0.3 is 0 Å². The van der Waals surface area contributed by atoms with Gasteiger partial charge in [-0.15, -0.1) is 0 Å². The molecule has 1 aliphatic heterocycles. The Morgan fingerprint density at radius 2 is 1.53 bits per heavy atom. The Hall–Kier alpha value is -2.74. The van der Waals surface area contributed by atoms with E-state index in [9.17, 15) is 4.79 Å². The summed E-state index contributed by atoms with van der Waals surface area (Å²) in [6.45, 7) is 10.8. The van der Waals surface area contributed by atoms with Gasteiger partial charge < -0.3 is 10.2 Å². The summed E-state index contributed by atoms with van der Waals surface area (Å²) in [4.78, 5) is 17.0. The summed E-state index contributed by atoms with van der Waals surface area (Å²) in [5.41, 5.74) is 8.99. The molecular weight excluding hydrogens is 418 g/mol. The summed E-state index contributed by atoms with van der Waals surface area (Å²) in [6, 6.07) is 21.6. The first-order valence-corrected chi connectivity index (χ1v) is 11.5. The minimum atomic E-state index is -0.0710. The second kappa shape index (κ2) is 12.3. The highest BCUT2D eigenvalue weighted by Gasteiger charge is 2.26. The second-order valence-electron chi connectivity index (χ2n) is 8.16. The lowest BCUT2D eigenvalue weighted by Gasteiger charge is -2.39. The first-order valence-electron chi connectivity index (χ1n) is 11.1. The van der Waals surface area contributed by atoms with Crippen LogP contribution in [0.4, 0.5) is 0 Å². The number of thiocarbonyl (C=S) groups is 1. The van der Waals surface area contributed by atoms with Crippen molar-refractivity contribution in [2.45, 2.75) is 19.4 Å². The van der Waals surface area contributed by atoms with E-state index < -0.39 is 0 Å². The van der Waals surface area contributed by atoms with E-state index in [1.54, 1.807) is 0 Å². The average Bonchev–Trinajstić information content (AvgIpc) is 2.82. The van der Waals surface area contributed by atoms with E-state index in [-0.39, 0.29) is 11.9 Å². The molecule has 1 aliphatic rings. The van der Waals surface area contributed by atoms with Crippen LogP contribution in [0.15, 0.2) is 72.8 Å². The Morgan fingerprint density at radius 1 is 0.969 bits per heavy atom. The van der Waals surface area contributed by atoms with Gasteiger partial charge in [-0.2, -0.15) is 0 Å². The van der Waals surface area contributed by atoms with Crippen LogP contribution in [0.3, 0.4) is 0 Å². The molecule has 2 aromatic rings. The highest BCUT2D eigenvalue weighted by atomic mass is 32.1. The molecule has 1 saturated heterocycles. The van der Waals surface area contributed by atoms with Crippen LogP contribution in [0, 0.1) is 0 Å². The number of nitrogens with zero attached hydrogens (tertiary/aromatic N) is 2. The number of piperazine rings is 1. The van der Waals surface area contributed by atoms with E-state index in [0.29, 0.717) is 18.1 Å². The van der Waals surface area contributed by atoms with E-state index >= 15 is 0 Å². The van der Waals surface area contributed by atoms with Gasteiger partial charge in [0.2, 0.25) is 5.91 Å². The number of hydrogen-bond acceptors (Lipinski definition) is 4. The molecule has 7 heteroatoms. The maximum absolute atomic E-state index is 12.2. The van der Waals surface area contributed by atoms with Crippen molar-refractivity contribution >= 4 is 23.2 Å². The summed E-state index contributed by atoms with van der Waals surface area (Å²) >= 11 is 5.12. The molecule has 1 fully saturated rings. The predicted molar refractivity (Wildman–Crippen MR) is 134 cm³/mol. The number of carbonyl (C=O) groups is 1. The minimum Gasteiger partial charge on any atom is -0.358 e. The minimum absolute atomic E-state index is 0.0710. The van der Waals surface area contributed by atoms with Gasteiger partial charge in [0.25, 0.3) is 0 Å². The van der Waals surface area contributed by atoms with E-state index in [1.807, 2.05) is 6.92 Å². The normalized spacial score (nSPS) is 14.7. The number of rotatable bonds is 8. The van der Waals surface area contributed by atoms with Gasteiger partial charge in [0, 0.05) is 45.7 Å². The Bertz CT molecular complexity index is 842. The zero-order chi connectivity index (χ0) is 22.8. The van der Waals surface area contributed by atoms with E-state index in [1.165, 1.54) is 11.1 Å². The van der Waals surface area contributed by atoms with Crippen LogP contribution in [0.25, 0.3) is 0 Å². The zero-order valence-corrected chi connectivity index (χ0v) is 19.5. The van der Waals surface area contributed by atoms with Gasteiger partial charge in [-0.3, -0.25) is 20.5 Å². The molecule has 6 nitrogen and oxygen atoms in total. The van der Waals surface area contributed by atoms with E-state index in [2.05, 4.69) is 93.2 Å². The van der Waals surface area contributed by atoms with E-state index in [4.69, 9.17) is 12.2 Å². The highest BCUT2D eigenvalue weighted by Crippen LogP contribution is 2.29. The monoisotopic (exact) mass is 451 g/mol. The average molecular weight is 452 g/mol. The summed E-state index contributed by atoms with van der Waals surface area (Å²) in [5, 5.41) is 3.37. The summed E-state index contributed by atoms with van der Waals surface area (Å²) < 4.78 is 0. The number of nitrogens with one attached hydrogen (secondary N) is 3. The third kappa shape index (κ3) is 7.44. The molecule has 1 amide bonds. The van der Waals surface area contributed by atoms with Gasteiger partial charge in [-0.25, -0.2) is 0 Å². The molecule has 0 atom stereocenters. The van der Waals surface area contributed by atoms with Crippen LogP contribution in [-0.4, -0.2) is 60.1 Å². The Labute approximate surface area is 196 Å². The molecule has 0 radical (unpaired) electrons. The largest absolute Gasteiger partial charge is 0.358 e. The van der Waals surface area contributed by atoms with Gasteiger partial charge in [-0.05, 0) is 30.3 Å². The Morgan fingerprint density at radius 3 is 2.06 bits per heavy atom. The lowest BCUT2D eigenvalue weighted by molar-refractivity contribution is -0.122. The third-order valence-electron chi connectivity index (χ3n) is 5.52. The molecule has 0 bridgehead atoms. The molecular formula is C25H33N5OS. The molecule has 0 aliphatic carbocycles. The van der Waals surface area contributed by atoms with E-state index in [0.717, 1.165) is 38.3 Å². The first-order chi connectivity index (χ1) is 15.5. The fourth-order valence-corrected chi connectivity index (χ4v) is 3.98. The fourth-order valence-electron chi connectivity index (χ4n) is 3.85. The first kappa shape index (κ1) is 23.9. The van der Waals surface area contributed by atoms with Gasteiger partial charge in [-0.1, -0.05) is 72.8 Å². The molecule has 0 saturated carbocycles. The molecule has 0 aromatic heterocycles. The molecule has 3 N–H and O–H groups in total. The predicted octanol–water partition coefficient (Wildman–Crippen LogP) is 2.86. The number of amides is 1. The van der Waals surface area contributed by atoms with Crippen LogP contribution in [0.2, 0.25) is 0 Å². The van der Waals surface area contributed by atoms with Crippen LogP contribution in [0.1, 0.15) is 30.5 Å². The Balaban J connectivity index is 1.46. The number of hydrazine groups is 1. The molecule has 0 spiro atoms. The molecule has 1 heterocycles. The Kier molecular flexibility index (Phi) is 9.22. The van der Waals surface area contributed by atoms with Crippen molar-refractivity contribution in [3.05, 3.63) is 83.9 Å². The van der Waals surface area contributed by atoms with Crippen molar-refractivity contribution in [2.24, 2.45) is 0 Å². The van der Waals surface area contributed by atoms with Gasteiger partial charge in [0.05, 0.1) is 6.04 Å². The van der Waals surface area contributed by atoms with Crippen LogP contribution in [-0.2, 0) is 4.79 Å².